The third-order valence-corrected chi connectivity index (χ3v) is 4.14. The molecule has 2 rings (SSSR count). The maximum Gasteiger partial charge on any atom is 0.163 e. The summed E-state index contributed by atoms with van der Waals surface area (Å²) in [5.74, 6) is 0.817. The number of carbonyl (C=O) groups excluding carboxylic acids is 1. The second-order valence-electron chi connectivity index (χ2n) is 4.67. The second-order valence-corrected chi connectivity index (χ2v) is 5.71. The number of thiophene rings is 1. The van der Waals surface area contributed by atoms with Gasteiger partial charge in [-0.3, -0.25) is 4.79 Å². The molecule has 0 radical (unpaired) electrons. The number of aromatic nitrogens is 1. The number of carbonyl (C=O) groups is 1. The number of Topliss-reactive ketones (excluding diaryl/α,β-unsaturated/α-hetero) is 1. The normalized spacial score (nSPS) is 12.2. The first-order valence-corrected chi connectivity index (χ1v) is 7.18. The quantitative estimate of drug-likeness (QED) is 0.783. The Labute approximate surface area is 117 Å². The number of rotatable bonds is 5. The number of hydrogen-bond donors (Lipinski definition) is 0. The molecule has 0 amide bonds. The summed E-state index contributed by atoms with van der Waals surface area (Å²) in [5.41, 5.74) is 0.683. The first-order chi connectivity index (χ1) is 9.09. The Morgan fingerprint density at radius 1 is 1.42 bits per heavy atom. The Bertz CT molecular complexity index is 551. The Balaban J connectivity index is 2.19. The summed E-state index contributed by atoms with van der Waals surface area (Å²) in [5, 5.41) is 2.09. The number of pyridine rings is 1. The maximum atomic E-state index is 11.6. The molecule has 0 aliphatic carbocycles. The highest BCUT2D eigenvalue weighted by Gasteiger charge is 2.17. The van der Waals surface area contributed by atoms with Gasteiger partial charge in [0.1, 0.15) is 5.82 Å². The van der Waals surface area contributed by atoms with E-state index in [0.717, 1.165) is 12.2 Å². The van der Waals surface area contributed by atoms with Gasteiger partial charge < -0.3 is 4.90 Å². The Morgan fingerprint density at radius 2 is 2.21 bits per heavy atom. The first-order valence-electron chi connectivity index (χ1n) is 6.30. The van der Waals surface area contributed by atoms with E-state index < -0.39 is 0 Å². The molecule has 2 aromatic heterocycles. The van der Waals surface area contributed by atoms with Crippen molar-refractivity contribution in [1.82, 2.24) is 4.98 Å². The zero-order valence-electron chi connectivity index (χ0n) is 11.5. The predicted octanol–water partition coefficient (Wildman–Crippen LogP) is 3.41. The summed E-state index contributed by atoms with van der Waals surface area (Å²) >= 11 is 1.76. The van der Waals surface area contributed by atoms with Gasteiger partial charge in [0.2, 0.25) is 0 Å². The number of nitrogens with zero attached hydrogens (tertiary/aromatic N) is 2. The zero-order chi connectivity index (χ0) is 13.8. The minimum absolute atomic E-state index is 0.0540. The Kier molecular flexibility index (Phi) is 4.32. The van der Waals surface area contributed by atoms with E-state index in [9.17, 15) is 4.79 Å². The number of ketones is 1. The smallest absolute Gasteiger partial charge is 0.163 e. The fraction of sp³-hybridized carbons (Fsp3) is 0.333. The highest BCUT2D eigenvalue weighted by atomic mass is 32.1. The number of anilines is 1. The van der Waals surface area contributed by atoms with Crippen molar-refractivity contribution >= 4 is 22.9 Å². The standard InChI is InChI=1S/C15H18N2OS/c1-11(10-13-6-5-9-19-13)17(3)15-14(12(2)18)7-4-8-16-15/h4-9,11H,10H2,1-3H3. The van der Waals surface area contributed by atoms with Crippen LogP contribution in [0.15, 0.2) is 35.8 Å². The monoisotopic (exact) mass is 274 g/mol. The summed E-state index contributed by atoms with van der Waals surface area (Å²) < 4.78 is 0. The molecule has 2 aromatic rings. The van der Waals surface area contributed by atoms with Gasteiger partial charge in [-0.1, -0.05) is 6.07 Å². The molecular formula is C15H18N2OS. The maximum absolute atomic E-state index is 11.6. The van der Waals surface area contributed by atoms with Crippen molar-refractivity contribution in [3.63, 3.8) is 0 Å². The van der Waals surface area contributed by atoms with E-state index in [-0.39, 0.29) is 5.78 Å². The number of hydrogen-bond acceptors (Lipinski definition) is 4. The van der Waals surface area contributed by atoms with Crippen LogP contribution in [0.5, 0.6) is 0 Å². The molecule has 3 nitrogen and oxygen atoms in total. The van der Waals surface area contributed by atoms with Crippen LogP contribution in [-0.4, -0.2) is 23.9 Å². The van der Waals surface area contributed by atoms with Gasteiger partial charge in [-0.05, 0) is 37.4 Å². The average Bonchev–Trinajstić information content (AvgIpc) is 2.90. The molecule has 1 unspecified atom stereocenters. The van der Waals surface area contributed by atoms with Crippen molar-refractivity contribution in [2.75, 3.05) is 11.9 Å². The van der Waals surface area contributed by atoms with Crippen molar-refractivity contribution in [3.8, 4) is 0 Å². The molecule has 2 heterocycles. The lowest BCUT2D eigenvalue weighted by Gasteiger charge is -2.27. The van der Waals surface area contributed by atoms with E-state index in [1.807, 2.05) is 13.1 Å². The minimum Gasteiger partial charge on any atom is -0.356 e. The fourth-order valence-corrected chi connectivity index (χ4v) is 2.84. The highest BCUT2D eigenvalue weighted by molar-refractivity contribution is 7.09. The summed E-state index contributed by atoms with van der Waals surface area (Å²) in [7, 11) is 1.99. The third-order valence-electron chi connectivity index (χ3n) is 3.24. The third kappa shape index (κ3) is 3.20. The highest BCUT2D eigenvalue weighted by Crippen LogP contribution is 2.21. The minimum atomic E-state index is 0.0540. The van der Waals surface area contributed by atoms with E-state index in [1.165, 1.54) is 4.88 Å². The lowest BCUT2D eigenvalue weighted by atomic mass is 10.1. The van der Waals surface area contributed by atoms with E-state index in [1.54, 1.807) is 30.5 Å². The van der Waals surface area contributed by atoms with Gasteiger partial charge in [-0.2, -0.15) is 0 Å². The SMILES string of the molecule is CC(=O)c1cccnc1N(C)C(C)Cc1cccs1. The molecule has 0 N–H and O–H groups in total. The van der Waals surface area contributed by atoms with Crippen molar-refractivity contribution < 1.29 is 4.79 Å². The summed E-state index contributed by atoms with van der Waals surface area (Å²) in [6.45, 7) is 3.73. The van der Waals surface area contributed by atoms with E-state index in [0.29, 0.717) is 11.6 Å². The van der Waals surface area contributed by atoms with E-state index >= 15 is 0 Å². The van der Waals surface area contributed by atoms with Crippen molar-refractivity contribution in [2.24, 2.45) is 0 Å². The van der Waals surface area contributed by atoms with Gasteiger partial charge >= 0.3 is 0 Å². The summed E-state index contributed by atoms with van der Waals surface area (Å²) in [6, 6.07) is 8.14. The van der Waals surface area contributed by atoms with Gasteiger partial charge in [0.25, 0.3) is 0 Å². The molecule has 4 heteroatoms. The van der Waals surface area contributed by atoms with Crippen LogP contribution in [0.3, 0.4) is 0 Å². The van der Waals surface area contributed by atoms with Gasteiger partial charge in [0.05, 0.1) is 5.56 Å². The topological polar surface area (TPSA) is 33.2 Å². The largest absolute Gasteiger partial charge is 0.356 e. The molecule has 0 saturated heterocycles. The molecule has 0 saturated carbocycles. The molecule has 0 aliphatic heterocycles. The molecule has 0 bridgehead atoms. The molecule has 0 fully saturated rings. The lowest BCUT2D eigenvalue weighted by Crippen LogP contribution is -2.32. The van der Waals surface area contributed by atoms with Crippen LogP contribution in [-0.2, 0) is 6.42 Å². The molecule has 0 aliphatic rings. The van der Waals surface area contributed by atoms with Crippen molar-refractivity contribution in [3.05, 3.63) is 46.3 Å². The van der Waals surface area contributed by atoms with Crippen LogP contribution in [0, 0.1) is 0 Å². The lowest BCUT2D eigenvalue weighted by molar-refractivity contribution is 0.101. The first kappa shape index (κ1) is 13.7. The van der Waals surface area contributed by atoms with Crippen molar-refractivity contribution in [2.45, 2.75) is 26.3 Å². The molecule has 19 heavy (non-hydrogen) atoms. The molecule has 1 atom stereocenters. The summed E-state index contributed by atoms with van der Waals surface area (Å²) in [4.78, 5) is 19.4. The van der Waals surface area contributed by atoms with Crippen LogP contribution in [0.25, 0.3) is 0 Å². The number of likely N-dealkylation sites (N-methyl/N-ethyl adjacent to an activating group) is 1. The van der Waals surface area contributed by atoms with E-state index in [2.05, 4.69) is 34.3 Å². The van der Waals surface area contributed by atoms with Crippen LogP contribution >= 0.6 is 11.3 Å². The Hall–Kier alpha value is -1.68. The summed E-state index contributed by atoms with van der Waals surface area (Å²) in [6.07, 6.45) is 2.69. The van der Waals surface area contributed by atoms with Gasteiger partial charge in [-0.25, -0.2) is 4.98 Å². The van der Waals surface area contributed by atoms with Crippen molar-refractivity contribution in [1.29, 1.82) is 0 Å². The van der Waals surface area contributed by atoms with Crippen LogP contribution in [0.2, 0.25) is 0 Å². The van der Waals surface area contributed by atoms with Gasteiger partial charge in [-0.15, -0.1) is 11.3 Å². The van der Waals surface area contributed by atoms with Gasteiger partial charge in [0, 0.05) is 30.6 Å². The van der Waals surface area contributed by atoms with E-state index in [4.69, 9.17) is 0 Å². The molecule has 100 valence electrons. The average molecular weight is 274 g/mol. The van der Waals surface area contributed by atoms with Gasteiger partial charge in [0.15, 0.2) is 5.78 Å². The predicted molar refractivity (Wildman–Crippen MR) is 80.1 cm³/mol. The Morgan fingerprint density at radius 3 is 2.84 bits per heavy atom. The van der Waals surface area contributed by atoms with Crippen LogP contribution < -0.4 is 4.90 Å². The van der Waals surface area contributed by atoms with Crippen LogP contribution in [0.4, 0.5) is 5.82 Å². The molecule has 0 spiro atoms. The molecular weight excluding hydrogens is 256 g/mol. The fourth-order valence-electron chi connectivity index (χ4n) is 2.02. The molecule has 0 aromatic carbocycles. The zero-order valence-corrected chi connectivity index (χ0v) is 12.3. The second kappa shape index (κ2) is 5.97. The van der Waals surface area contributed by atoms with Crippen LogP contribution in [0.1, 0.15) is 29.1 Å².